The molecule has 70 valence electrons. The highest BCUT2D eigenvalue weighted by molar-refractivity contribution is 5.74. The highest BCUT2D eigenvalue weighted by Gasteiger charge is 1.93. The van der Waals surface area contributed by atoms with Crippen molar-refractivity contribution in [3.8, 4) is 0 Å². The number of hydrogen-bond donors (Lipinski definition) is 2. The number of carboxylic acid groups (broad SMARTS) is 3. The fraction of sp³-hybridized carbons (Fsp3) is 0.500. The maximum atomic E-state index is 9.61. The van der Waals surface area contributed by atoms with Gasteiger partial charge in [-0.15, -0.1) is 0 Å². The lowest BCUT2D eigenvalue weighted by molar-refractivity contribution is -0.305. The molecule has 12 heavy (non-hydrogen) atoms. The first-order valence-corrected chi connectivity index (χ1v) is 2.97. The van der Waals surface area contributed by atoms with E-state index in [1.54, 1.807) is 0 Å². The summed E-state index contributed by atoms with van der Waals surface area (Å²) in [5.41, 5.74) is 0. The second-order valence-corrected chi connectivity index (χ2v) is 1.78. The molecule has 0 unspecified atom stereocenters. The molecular weight excluding hydrogens is 168 g/mol. The van der Waals surface area contributed by atoms with Gasteiger partial charge >= 0.3 is 7.40 Å². The first-order valence-electron chi connectivity index (χ1n) is 2.97. The lowest BCUT2D eigenvalue weighted by atomic mass is 10.3. The van der Waals surface area contributed by atoms with Crippen molar-refractivity contribution in [3.05, 3.63) is 0 Å². The van der Waals surface area contributed by atoms with Crippen LogP contribution in [-0.4, -0.2) is 28.1 Å². The summed E-state index contributed by atoms with van der Waals surface area (Å²) in [6.07, 6.45) is -0.766. The summed E-state index contributed by atoms with van der Waals surface area (Å²) in [6, 6.07) is 0. The van der Waals surface area contributed by atoms with Crippen molar-refractivity contribution in [3.63, 3.8) is 0 Å². The fourth-order valence-electron chi connectivity index (χ4n) is 0.209. The zero-order valence-corrected chi connectivity index (χ0v) is 6.44. The molecule has 6 nitrogen and oxygen atoms in total. The molecule has 0 aromatic rings. The largest absolute Gasteiger partial charge is 1.00 e. The van der Waals surface area contributed by atoms with Gasteiger partial charge < -0.3 is 20.1 Å². The van der Waals surface area contributed by atoms with E-state index in [9.17, 15) is 14.7 Å². The van der Waals surface area contributed by atoms with Crippen LogP contribution in [0.15, 0.2) is 0 Å². The number of carboxylic acids is 3. The molecule has 0 aliphatic carbocycles. The molecule has 0 radical (unpaired) electrons. The van der Waals surface area contributed by atoms with Gasteiger partial charge in [-0.25, -0.2) is 0 Å². The normalized spacial score (nSPS) is 7.75. The second kappa shape index (κ2) is 7.52. The van der Waals surface area contributed by atoms with Crippen LogP contribution in [-0.2, 0) is 14.4 Å². The number of carbonyl (C=O) groups is 3. The van der Waals surface area contributed by atoms with E-state index in [2.05, 4.69) is 0 Å². The van der Waals surface area contributed by atoms with Crippen molar-refractivity contribution in [1.82, 2.24) is 0 Å². The van der Waals surface area contributed by atoms with E-state index in [1.807, 2.05) is 0 Å². The Bertz CT molecular complexity index is 160. The van der Waals surface area contributed by atoms with Gasteiger partial charge in [0.05, 0.1) is 6.42 Å². The van der Waals surface area contributed by atoms with Crippen molar-refractivity contribution < 1.29 is 31.1 Å². The molecule has 0 aromatic carbocycles. The van der Waals surface area contributed by atoms with Crippen LogP contribution in [0.25, 0.3) is 0 Å². The van der Waals surface area contributed by atoms with E-state index >= 15 is 0 Å². The number of hydrogen-bond acceptors (Lipinski definition) is 4. The molecule has 0 amide bonds. The lowest BCUT2D eigenvalue weighted by Crippen LogP contribution is -2.22. The Hall–Kier alpha value is -1.59. The molecular formula is C6H10O6. The molecule has 0 heterocycles. The first-order chi connectivity index (χ1) is 5.36. The predicted molar refractivity (Wildman–Crippen MR) is 36.3 cm³/mol. The molecule has 6 heteroatoms. The Balaban J connectivity index is -0.000000173. The summed E-state index contributed by atoms with van der Waals surface area (Å²) in [5, 5.41) is 24.8. The van der Waals surface area contributed by atoms with Crippen molar-refractivity contribution in [2.45, 2.75) is 19.8 Å². The third-order valence-electron chi connectivity index (χ3n) is 0.543. The third-order valence-corrected chi connectivity index (χ3v) is 0.543. The lowest BCUT2D eigenvalue weighted by Gasteiger charge is -1.94. The van der Waals surface area contributed by atoms with Gasteiger partial charge in [-0.05, 0) is 6.42 Å². The van der Waals surface area contributed by atoms with Gasteiger partial charge in [-0.2, -0.15) is 0 Å². The van der Waals surface area contributed by atoms with E-state index in [1.165, 1.54) is 0 Å². The van der Waals surface area contributed by atoms with E-state index in [0.29, 0.717) is 0 Å². The molecule has 0 spiro atoms. The van der Waals surface area contributed by atoms with E-state index in [4.69, 9.17) is 15.0 Å². The molecule has 0 aromatic heterocycles. The average molecular weight is 178 g/mol. The first kappa shape index (κ1) is 13.0. The molecule has 0 saturated carbocycles. The Morgan fingerprint density at radius 1 is 1.25 bits per heavy atom. The average Bonchev–Trinajstić information content (AvgIpc) is 1.82. The summed E-state index contributed by atoms with van der Waals surface area (Å²) in [7, 11) is 0. The van der Waals surface area contributed by atoms with Crippen LogP contribution in [0.3, 0.4) is 0 Å². The van der Waals surface area contributed by atoms with Gasteiger partial charge in [0.25, 0.3) is 5.97 Å². The number of aliphatic carboxylic acids is 3. The topological polar surface area (TPSA) is 115 Å². The Kier molecular flexibility index (Phi) is 8.16. The molecule has 0 bridgehead atoms. The summed E-state index contributed by atoms with van der Waals surface area (Å²) < 4.78 is 0. The van der Waals surface area contributed by atoms with Gasteiger partial charge in [0, 0.05) is 12.9 Å². The number of rotatable bonds is 3. The predicted octanol–water partition coefficient (Wildman–Crippen LogP) is -1.20. The molecule has 0 aliphatic rings. The summed E-state index contributed by atoms with van der Waals surface area (Å²) in [6.45, 7) is 1.08. The van der Waals surface area contributed by atoms with Gasteiger partial charge in [-0.3, -0.25) is 9.59 Å². The van der Waals surface area contributed by atoms with E-state index in [0.717, 1.165) is 6.92 Å². The Morgan fingerprint density at radius 3 is 1.67 bits per heavy atom. The Labute approximate surface area is 69.9 Å². The summed E-state index contributed by atoms with van der Waals surface area (Å²) in [4.78, 5) is 28.1. The highest BCUT2D eigenvalue weighted by atomic mass is 16.4. The maximum Gasteiger partial charge on any atom is 1.00 e. The SMILES string of the molecule is CC(=O)O.O=C([O-])CCC(=O)O.[H+]. The van der Waals surface area contributed by atoms with E-state index < -0.39 is 24.3 Å². The molecule has 0 saturated heterocycles. The second-order valence-electron chi connectivity index (χ2n) is 1.78. The van der Waals surface area contributed by atoms with Crippen LogP contribution < -0.4 is 5.11 Å². The Morgan fingerprint density at radius 2 is 1.58 bits per heavy atom. The molecule has 0 aliphatic heterocycles. The highest BCUT2D eigenvalue weighted by Crippen LogP contribution is 1.83. The summed E-state index contributed by atoms with van der Waals surface area (Å²) in [5.74, 6) is -3.28. The van der Waals surface area contributed by atoms with Gasteiger partial charge in [0.1, 0.15) is 0 Å². The van der Waals surface area contributed by atoms with Crippen LogP contribution >= 0.6 is 0 Å². The molecule has 2 N–H and O–H groups in total. The quantitative estimate of drug-likeness (QED) is 0.561. The molecule has 0 rings (SSSR count). The van der Waals surface area contributed by atoms with Crippen molar-refractivity contribution in [2.75, 3.05) is 0 Å². The number of carbonyl (C=O) groups excluding carboxylic acids is 1. The minimum Gasteiger partial charge on any atom is -0.550 e. The van der Waals surface area contributed by atoms with Crippen molar-refractivity contribution in [2.24, 2.45) is 0 Å². The fourth-order valence-corrected chi connectivity index (χ4v) is 0.209. The minimum atomic E-state index is -1.33. The van der Waals surface area contributed by atoms with Crippen LogP contribution in [0.4, 0.5) is 0 Å². The maximum absolute atomic E-state index is 9.61. The molecule has 0 fully saturated rings. The third kappa shape index (κ3) is 39.7. The van der Waals surface area contributed by atoms with Gasteiger partial charge in [-0.1, -0.05) is 0 Å². The van der Waals surface area contributed by atoms with Gasteiger partial charge in [0.2, 0.25) is 0 Å². The summed E-state index contributed by atoms with van der Waals surface area (Å²) >= 11 is 0. The van der Waals surface area contributed by atoms with Crippen LogP contribution in [0.1, 0.15) is 21.2 Å². The van der Waals surface area contributed by atoms with Crippen LogP contribution in [0.2, 0.25) is 0 Å². The monoisotopic (exact) mass is 178 g/mol. The van der Waals surface area contributed by atoms with Crippen LogP contribution in [0, 0.1) is 0 Å². The zero-order valence-electron chi connectivity index (χ0n) is 7.44. The van der Waals surface area contributed by atoms with Gasteiger partial charge in [0.15, 0.2) is 0 Å². The minimum absolute atomic E-state index is 0. The standard InChI is InChI=1S/C4H6O4.C2H4O2/c5-3(6)1-2-4(7)8;1-2(3)4/h1-2H2,(H,5,6)(H,7,8);1H3,(H,3,4). The van der Waals surface area contributed by atoms with Crippen molar-refractivity contribution >= 4 is 17.9 Å². The van der Waals surface area contributed by atoms with E-state index in [-0.39, 0.29) is 7.85 Å². The van der Waals surface area contributed by atoms with Crippen LogP contribution in [0.5, 0.6) is 0 Å². The molecule has 0 atom stereocenters. The zero-order chi connectivity index (χ0) is 10.1. The smallest absolute Gasteiger partial charge is 0.550 e. The van der Waals surface area contributed by atoms with Crippen molar-refractivity contribution in [1.29, 1.82) is 0 Å².